The summed E-state index contributed by atoms with van der Waals surface area (Å²) in [5.41, 5.74) is 1.57. The minimum atomic E-state index is -1.02. The van der Waals surface area contributed by atoms with Gasteiger partial charge in [-0.15, -0.1) is 0 Å². The fraction of sp³-hybridized carbons (Fsp3) is 0.467. The second-order valence-corrected chi connectivity index (χ2v) is 4.66. The molecule has 0 aliphatic carbocycles. The smallest absolute Gasteiger partial charge is 0.341 e. The Labute approximate surface area is 118 Å². The monoisotopic (exact) mass is 279 g/mol. The highest BCUT2D eigenvalue weighted by Gasteiger charge is 2.15. The number of rotatable bonds is 7. The molecule has 1 amide bonds. The van der Waals surface area contributed by atoms with Crippen LogP contribution in [0.2, 0.25) is 0 Å². The average molecular weight is 279 g/mol. The molecule has 0 aromatic heterocycles. The highest BCUT2D eigenvalue weighted by atomic mass is 16.5. The number of hydrogen-bond acceptors (Lipinski definition) is 3. The summed E-state index contributed by atoms with van der Waals surface area (Å²) in [7, 11) is 0. The lowest BCUT2D eigenvalue weighted by Gasteiger charge is -2.15. The van der Waals surface area contributed by atoms with Crippen molar-refractivity contribution in [2.45, 2.75) is 33.6 Å². The van der Waals surface area contributed by atoms with Crippen molar-refractivity contribution in [1.29, 1.82) is 0 Å². The molecule has 20 heavy (non-hydrogen) atoms. The van der Waals surface area contributed by atoms with Gasteiger partial charge in [0.25, 0.3) is 0 Å². The molecule has 0 bridgehead atoms. The topological polar surface area (TPSA) is 75.6 Å². The summed E-state index contributed by atoms with van der Waals surface area (Å²) < 4.78 is 5.09. The van der Waals surface area contributed by atoms with Crippen molar-refractivity contribution >= 4 is 17.6 Å². The van der Waals surface area contributed by atoms with Crippen LogP contribution in [0.25, 0.3) is 0 Å². The Morgan fingerprint density at radius 2 is 1.95 bits per heavy atom. The van der Waals surface area contributed by atoms with Gasteiger partial charge < -0.3 is 15.2 Å². The van der Waals surface area contributed by atoms with E-state index < -0.39 is 5.97 Å². The molecule has 0 radical (unpaired) electrons. The SMILES string of the molecule is CCC(CC)C(=O)Nc1ccc(OCC(=O)O)cc1C. The molecule has 0 atom stereocenters. The predicted octanol–water partition coefficient (Wildman–Crippen LogP) is 2.83. The van der Waals surface area contributed by atoms with E-state index in [1.807, 2.05) is 20.8 Å². The first kappa shape index (κ1) is 16.0. The normalized spacial score (nSPS) is 10.4. The Hall–Kier alpha value is -2.04. The van der Waals surface area contributed by atoms with Crippen LogP contribution in [0.5, 0.6) is 5.75 Å². The summed E-state index contributed by atoms with van der Waals surface area (Å²) in [5, 5.41) is 11.4. The van der Waals surface area contributed by atoms with Crippen LogP contribution in [0, 0.1) is 12.8 Å². The number of carboxylic acid groups (broad SMARTS) is 1. The quantitative estimate of drug-likeness (QED) is 0.804. The van der Waals surface area contributed by atoms with Gasteiger partial charge in [0.15, 0.2) is 6.61 Å². The Bertz CT molecular complexity index is 481. The van der Waals surface area contributed by atoms with E-state index in [9.17, 15) is 9.59 Å². The molecule has 0 heterocycles. The van der Waals surface area contributed by atoms with E-state index in [-0.39, 0.29) is 18.4 Å². The first-order valence-electron chi connectivity index (χ1n) is 6.74. The Morgan fingerprint density at radius 3 is 2.45 bits per heavy atom. The maximum Gasteiger partial charge on any atom is 0.341 e. The van der Waals surface area contributed by atoms with Gasteiger partial charge in [0, 0.05) is 11.6 Å². The largest absolute Gasteiger partial charge is 0.482 e. The molecule has 110 valence electrons. The minimum absolute atomic E-state index is 0.0114. The number of benzene rings is 1. The van der Waals surface area contributed by atoms with Crippen LogP contribution in [0.3, 0.4) is 0 Å². The number of aryl methyl sites for hydroxylation is 1. The molecule has 2 N–H and O–H groups in total. The molecule has 1 aromatic rings. The summed E-state index contributed by atoms with van der Waals surface area (Å²) in [5.74, 6) is -0.520. The molecule has 0 fully saturated rings. The lowest BCUT2D eigenvalue weighted by molar-refractivity contribution is -0.139. The maximum absolute atomic E-state index is 12.0. The van der Waals surface area contributed by atoms with Gasteiger partial charge in [-0.05, 0) is 43.5 Å². The zero-order valence-corrected chi connectivity index (χ0v) is 12.1. The molecular formula is C15H21NO4. The highest BCUT2D eigenvalue weighted by molar-refractivity contribution is 5.93. The van der Waals surface area contributed by atoms with Crippen molar-refractivity contribution in [2.75, 3.05) is 11.9 Å². The van der Waals surface area contributed by atoms with Gasteiger partial charge in [0.05, 0.1) is 0 Å². The van der Waals surface area contributed by atoms with Gasteiger partial charge in [0.1, 0.15) is 5.75 Å². The third-order valence-electron chi connectivity index (χ3n) is 3.17. The van der Waals surface area contributed by atoms with E-state index in [2.05, 4.69) is 5.32 Å². The van der Waals surface area contributed by atoms with Crippen LogP contribution < -0.4 is 10.1 Å². The van der Waals surface area contributed by atoms with Gasteiger partial charge in [-0.2, -0.15) is 0 Å². The molecule has 0 spiro atoms. The van der Waals surface area contributed by atoms with Crippen LogP contribution in [-0.4, -0.2) is 23.6 Å². The summed E-state index contributed by atoms with van der Waals surface area (Å²) >= 11 is 0. The summed E-state index contributed by atoms with van der Waals surface area (Å²) in [6.45, 7) is 5.45. The molecule has 0 aliphatic rings. The summed E-state index contributed by atoms with van der Waals surface area (Å²) in [6.07, 6.45) is 1.61. The fourth-order valence-electron chi connectivity index (χ4n) is 1.91. The van der Waals surface area contributed by atoms with Gasteiger partial charge >= 0.3 is 5.97 Å². The summed E-state index contributed by atoms with van der Waals surface area (Å²) in [6, 6.07) is 5.09. The second-order valence-electron chi connectivity index (χ2n) is 4.66. The predicted molar refractivity (Wildman–Crippen MR) is 77.0 cm³/mol. The average Bonchev–Trinajstić information content (AvgIpc) is 2.40. The van der Waals surface area contributed by atoms with E-state index >= 15 is 0 Å². The number of amides is 1. The molecule has 1 rings (SSSR count). The van der Waals surface area contributed by atoms with Gasteiger partial charge in [0.2, 0.25) is 5.91 Å². The standard InChI is InChI=1S/C15H21NO4/c1-4-11(5-2)15(19)16-13-7-6-12(8-10(13)3)20-9-14(17)18/h6-8,11H,4-5,9H2,1-3H3,(H,16,19)(H,17,18). The number of carboxylic acids is 1. The summed E-state index contributed by atoms with van der Waals surface area (Å²) in [4.78, 5) is 22.4. The first-order valence-corrected chi connectivity index (χ1v) is 6.74. The van der Waals surface area contributed by atoms with Crippen LogP contribution >= 0.6 is 0 Å². The fourth-order valence-corrected chi connectivity index (χ4v) is 1.91. The minimum Gasteiger partial charge on any atom is -0.482 e. The zero-order chi connectivity index (χ0) is 15.1. The first-order chi connectivity index (χ1) is 9.47. The van der Waals surface area contributed by atoms with Crippen molar-refractivity contribution < 1.29 is 19.4 Å². The number of anilines is 1. The van der Waals surface area contributed by atoms with E-state index in [4.69, 9.17) is 9.84 Å². The highest BCUT2D eigenvalue weighted by Crippen LogP contribution is 2.22. The molecular weight excluding hydrogens is 258 g/mol. The molecule has 5 nitrogen and oxygen atoms in total. The maximum atomic E-state index is 12.0. The lowest BCUT2D eigenvalue weighted by Crippen LogP contribution is -2.22. The number of ether oxygens (including phenoxy) is 1. The number of carbonyl (C=O) groups is 2. The number of carbonyl (C=O) groups excluding carboxylic acids is 1. The second kappa shape index (κ2) is 7.53. The Balaban J connectivity index is 2.73. The van der Waals surface area contributed by atoms with E-state index in [1.165, 1.54) is 0 Å². The van der Waals surface area contributed by atoms with E-state index in [1.54, 1.807) is 18.2 Å². The van der Waals surface area contributed by atoms with Crippen LogP contribution in [0.4, 0.5) is 5.69 Å². The number of hydrogen-bond donors (Lipinski definition) is 2. The van der Waals surface area contributed by atoms with Crippen LogP contribution in [0.15, 0.2) is 18.2 Å². The molecule has 0 aliphatic heterocycles. The van der Waals surface area contributed by atoms with Crippen molar-refractivity contribution in [3.05, 3.63) is 23.8 Å². The molecule has 5 heteroatoms. The van der Waals surface area contributed by atoms with Crippen molar-refractivity contribution in [1.82, 2.24) is 0 Å². The zero-order valence-electron chi connectivity index (χ0n) is 12.1. The Kier molecular flexibility index (Phi) is 6.03. The lowest BCUT2D eigenvalue weighted by atomic mass is 10.0. The van der Waals surface area contributed by atoms with Crippen LogP contribution in [0.1, 0.15) is 32.3 Å². The Morgan fingerprint density at radius 1 is 1.30 bits per heavy atom. The third-order valence-corrected chi connectivity index (χ3v) is 3.17. The van der Waals surface area contributed by atoms with E-state index in [0.717, 1.165) is 24.1 Å². The third kappa shape index (κ3) is 4.57. The van der Waals surface area contributed by atoms with Gasteiger partial charge in [-0.3, -0.25) is 4.79 Å². The molecule has 1 aromatic carbocycles. The van der Waals surface area contributed by atoms with Crippen LogP contribution in [-0.2, 0) is 9.59 Å². The number of nitrogens with one attached hydrogen (secondary N) is 1. The number of aliphatic carboxylic acids is 1. The molecule has 0 saturated carbocycles. The van der Waals surface area contributed by atoms with Crippen molar-refractivity contribution in [3.8, 4) is 5.75 Å². The molecule has 0 saturated heterocycles. The van der Waals surface area contributed by atoms with Crippen molar-refractivity contribution in [2.24, 2.45) is 5.92 Å². The van der Waals surface area contributed by atoms with E-state index in [0.29, 0.717) is 5.75 Å². The van der Waals surface area contributed by atoms with Crippen molar-refractivity contribution in [3.63, 3.8) is 0 Å². The molecule has 0 unspecified atom stereocenters. The van der Waals surface area contributed by atoms with Gasteiger partial charge in [-0.1, -0.05) is 13.8 Å². The van der Waals surface area contributed by atoms with Gasteiger partial charge in [-0.25, -0.2) is 4.79 Å².